The predicted octanol–water partition coefficient (Wildman–Crippen LogP) is 2.16. The summed E-state index contributed by atoms with van der Waals surface area (Å²) < 4.78 is 0. The third-order valence-electron chi connectivity index (χ3n) is 4.01. The van der Waals surface area contributed by atoms with Crippen molar-refractivity contribution >= 4 is 0 Å². The largest absolute Gasteiger partial charge is 0.391 e. The van der Waals surface area contributed by atoms with Crippen LogP contribution >= 0.6 is 0 Å². The van der Waals surface area contributed by atoms with Gasteiger partial charge in [-0.15, -0.1) is 0 Å². The maximum absolute atomic E-state index is 10.0. The Balaban J connectivity index is 1.97. The third kappa shape index (κ3) is 1.96. The summed E-state index contributed by atoms with van der Waals surface area (Å²) in [5.74, 6) is 0. The van der Waals surface area contributed by atoms with Crippen LogP contribution in [0.25, 0.3) is 0 Å². The van der Waals surface area contributed by atoms with E-state index < -0.39 is 0 Å². The Kier molecular flexibility index (Phi) is 3.45. The van der Waals surface area contributed by atoms with E-state index in [9.17, 15) is 5.11 Å². The molecule has 0 spiro atoms. The molecule has 0 amide bonds. The maximum Gasteiger partial charge on any atom is 0.0695 e. The lowest BCUT2D eigenvalue weighted by Crippen LogP contribution is -2.47. The van der Waals surface area contributed by atoms with Crippen molar-refractivity contribution in [2.75, 3.05) is 6.54 Å². The minimum Gasteiger partial charge on any atom is -0.391 e. The molecule has 1 heterocycles. The average Bonchev–Trinajstić information content (AvgIpc) is 2.66. The van der Waals surface area contributed by atoms with Crippen molar-refractivity contribution in [3.63, 3.8) is 0 Å². The summed E-state index contributed by atoms with van der Waals surface area (Å²) in [6.45, 7) is 3.50. The minimum absolute atomic E-state index is 0.0455. The standard InChI is InChI=1S/C12H23NO/c1-2-10-6-5-9-13(10)11-7-3-4-8-12(11)14/h10-12,14H,2-9H2,1H3/t10?,11-,12-/m1/s1. The molecule has 2 heteroatoms. The van der Waals surface area contributed by atoms with Crippen LogP contribution in [0.1, 0.15) is 51.9 Å². The summed E-state index contributed by atoms with van der Waals surface area (Å²) >= 11 is 0. The van der Waals surface area contributed by atoms with Crippen LogP contribution in [0.4, 0.5) is 0 Å². The van der Waals surface area contributed by atoms with E-state index in [1.54, 1.807) is 0 Å². The van der Waals surface area contributed by atoms with Gasteiger partial charge in [-0.2, -0.15) is 0 Å². The van der Waals surface area contributed by atoms with Gasteiger partial charge in [0.2, 0.25) is 0 Å². The molecule has 14 heavy (non-hydrogen) atoms. The number of aliphatic hydroxyl groups excluding tert-OH is 1. The summed E-state index contributed by atoms with van der Waals surface area (Å²) in [5.41, 5.74) is 0. The summed E-state index contributed by atoms with van der Waals surface area (Å²) in [5, 5.41) is 10.0. The van der Waals surface area contributed by atoms with E-state index in [1.165, 1.54) is 45.1 Å². The van der Waals surface area contributed by atoms with Crippen LogP contribution in [0.5, 0.6) is 0 Å². The highest BCUT2D eigenvalue weighted by atomic mass is 16.3. The first kappa shape index (κ1) is 10.4. The van der Waals surface area contributed by atoms with Crippen LogP contribution in [-0.2, 0) is 0 Å². The van der Waals surface area contributed by atoms with Crippen molar-refractivity contribution in [3.05, 3.63) is 0 Å². The lowest BCUT2D eigenvalue weighted by Gasteiger charge is -2.38. The van der Waals surface area contributed by atoms with Gasteiger partial charge in [0.25, 0.3) is 0 Å². The zero-order chi connectivity index (χ0) is 9.97. The molecule has 2 fully saturated rings. The van der Waals surface area contributed by atoms with Crippen LogP contribution in [0, 0.1) is 0 Å². The summed E-state index contributed by atoms with van der Waals surface area (Å²) in [4.78, 5) is 2.59. The molecular weight excluding hydrogens is 174 g/mol. The van der Waals surface area contributed by atoms with Crippen molar-refractivity contribution in [3.8, 4) is 0 Å². The fraction of sp³-hybridized carbons (Fsp3) is 1.00. The molecule has 2 aliphatic rings. The number of rotatable bonds is 2. The van der Waals surface area contributed by atoms with Crippen molar-refractivity contribution in [2.45, 2.75) is 70.1 Å². The Morgan fingerprint density at radius 1 is 1.14 bits per heavy atom. The highest BCUT2D eigenvalue weighted by molar-refractivity contribution is 4.89. The van der Waals surface area contributed by atoms with Crippen LogP contribution in [0.15, 0.2) is 0 Å². The van der Waals surface area contributed by atoms with E-state index >= 15 is 0 Å². The van der Waals surface area contributed by atoms with Gasteiger partial charge in [0, 0.05) is 12.1 Å². The number of aliphatic hydroxyl groups is 1. The number of nitrogens with zero attached hydrogens (tertiary/aromatic N) is 1. The van der Waals surface area contributed by atoms with Gasteiger partial charge in [0.1, 0.15) is 0 Å². The summed E-state index contributed by atoms with van der Waals surface area (Å²) in [7, 11) is 0. The van der Waals surface area contributed by atoms with Gasteiger partial charge in [-0.1, -0.05) is 19.8 Å². The molecular formula is C12H23NO. The highest BCUT2D eigenvalue weighted by Crippen LogP contribution is 2.30. The van der Waals surface area contributed by atoms with Gasteiger partial charge in [-0.05, 0) is 38.6 Å². The molecule has 0 aromatic carbocycles. The van der Waals surface area contributed by atoms with Crippen LogP contribution in [0.2, 0.25) is 0 Å². The van der Waals surface area contributed by atoms with Crippen molar-refractivity contribution in [2.24, 2.45) is 0 Å². The van der Waals surface area contributed by atoms with Gasteiger partial charge in [-0.25, -0.2) is 0 Å². The second-order valence-corrected chi connectivity index (χ2v) is 4.86. The third-order valence-corrected chi connectivity index (χ3v) is 4.01. The molecule has 1 aliphatic carbocycles. The molecule has 0 bridgehead atoms. The molecule has 0 radical (unpaired) electrons. The molecule has 3 atom stereocenters. The zero-order valence-electron chi connectivity index (χ0n) is 9.28. The van der Waals surface area contributed by atoms with Crippen LogP contribution < -0.4 is 0 Å². The molecule has 1 N–H and O–H groups in total. The van der Waals surface area contributed by atoms with Crippen molar-refractivity contribution in [1.82, 2.24) is 4.90 Å². The first-order valence-corrected chi connectivity index (χ1v) is 6.26. The van der Waals surface area contributed by atoms with Gasteiger partial charge < -0.3 is 5.11 Å². The number of hydrogen-bond donors (Lipinski definition) is 1. The second kappa shape index (κ2) is 4.63. The normalized spacial score (nSPS) is 40.3. The van der Waals surface area contributed by atoms with Crippen molar-refractivity contribution < 1.29 is 5.11 Å². The maximum atomic E-state index is 10.0. The molecule has 0 aromatic rings. The highest BCUT2D eigenvalue weighted by Gasteiger charge is 2.34. The van der Waals surface area contributed by atoms with E-state index in [4.69, 9.17) is 0 Å². The first-order valence-electron chi connectivity index (χ1n) is 6.26. The van der Waals surface area contributed by atoms with E-state index in [-0.39, 0.29) is 6.10 Å². The molecule has 1 unspecified atom stereocenters. The second-order valence-electron chi connectivity index (χ2n) is 4.86. The molecule has 82 valence electrons. The average molecular weight is 197 g/mol. The summed E-state index contributed by atoms with van der Waals surface area (Å²) in [6.07, 6.45) is 8.67. The molecule has 1 aliphatic heterocycles. The fourth-order valence-corrected chi connectivity index (χ4v) is 3.21. The Bertz CT molecular complexity index is 183. The van der Waals surface area contributed by atoms with E-state index in [2.05, 4.69) is 11.8 Å². The van der Waals surface area contributed by atoms with Gasteiger partial charge in [0.15, 0.2) is 0 Å². The Morgan fingerprint density at radius 2 is 1.93 bits per heavy atom. The Hall–Kier alpha value is -0.0800. The molecule has 0 aromatic heterocycles. The topological polar surface area (TPSA) is 23.5 Å². The zero-order valence-corrected chi connectivity index (χ0v) is 9.28. The number of hydrogen-bond acceptors (Lipinski definition) is 2. The minimum atomic E-state index is -0.0455. The van der Waals surface area contributed by atoms with Gasteiger partial charge >= 0.3 is 0 Å². The monoisotopic (exact) mass is 197 g/mol. The van der Waals surface area contributed by atoms with Crippen LogP contribution in [0.3, 0.4) is 0 Å². The quantitative estimate of drug-likeness (QED) is 0.733. The molecule has 1 saturated heterocycles. The lowest BCUT2D eigenvalue weighted by molar-refractivity contribution is 0.0129. The van der Waals surface area contributed by atoms with Gasteiger partial charge in [-0.3, -0.25) is 4.90 Å². The summed E-state index contributed by atoms with van der Waals surface area (Å²) in [6, 6.07) is 1.24. The van der Waals surface area contributed by atoms with E-state index in [1.807, 2.05) is 0 Å². The van der Waals surface area contributed by atoms with Crippen molar-refractivity contribution in [1.29, 1.82) is 0 Å². The van der Waals surface area contributed by atoms with E-state index in [0.29, 0.717) is 6.04 Å². The molecule has 2 nitrogen and oxygen atoms in total. The molecule has 2 rings (SSSR count). The number of likely N-dealkylation sites (tertiary alicyclic amines) is 1. The molecule has 1 saturated carbocycles. The predicted molar refractivity (Wildman–Crippen MR) is 58.3 cm³/mol. The Labute approximate surface area is 87.3 Å². The lowest BCUT2D eigenvalue weighted by atomic mass is 9.91. The Morgan fingerprint density at radius 3 is 2.64 bits per heavy atom. The first-order chi connectivity index (χ1) is 6.83. The SMILES string of the molecule is CCC1CCCN1[C@@H]1CCCC[C@H]1O. The fourth-order valence-electron chi connectivity index (χ4n) is 3.21. The van der Waals surface area contributed by atoms with Crippen LogP contribution in [-0.4, -0.2) is 34.7 Å². The van der Waals surface area contributed by atoms with E-state index in [0.717, 1.165) is 12.5 Å². The van der Waals surface area contributed by atoms with Gasteiger partial charge in [0.05, 0.1) is 6.10 Å². The smallest absolute Gasteiger partial charge is 0.0695 e.